The highest BCUT2D eigenvalue weighted by Gasteiger charge is 2.07. The molecule has 0 aliphatic rings. The van der Waals surface area contributed by atoms with Crippen LogP contribution in [0.3, 0.4) is 0 Å². The third-order valence-corrected chi connectivity index (χ3v) is 7.27. The zero-order chi connectivity index (χ0) is 29.0. The van der Waals surface area contributed by atoms with E-state index in [-0.39, 0.29) is 11.8 Å². The van der Waals surface area contributed by atoms with E-state index in [9.17, 15) is 9.59 Å². The minimum Gasteiger partial charge on any atom is -0.385 e. The first-order valence-electron chi connectivity index (χ1n) is 15.2. The van der Waals surface area contributed by atoms with Crippen LogP contribution < -0.4 is 21.3 Å². The molecule has 8 nitrogen and oxygen atoms in total. The second kappa shape index (κ2) is 19.9. The molecule has 0 aliphatic carbocycles. The molecule has 0 saturated carbocycles. The fourth-order valence-electron chi connectivity index (χ4n) is 4.49. The normalized spacial score (nSPS) is 11.1. The Morgan fingerprint density at radius 2 is 0.875 bits per heavy atom. The van der Waals surface area contributed by atoms with Gasteiger partial charge in [0.1, 0.15) is 0 Å². The second-order valence-corrected chi connectivity index (χ2v) is 9.99. The number of hydrogen-bond acceptors (Lipinski definition) is 6. The van der Waals surface area contributed by atoms with Crippen molar-refractivity contribution in [3.8, 4) is 0 Å². The van der Waals surface area contributed by atoms with Gasteiger partial charge in [0, 0.05) is 61.8 Å². The average molecular weight is 553 g/mol. The number of hydrogen-bond donors (Lipinski definition) is 4. The smallest absolute Gasteiger partial charge is 0.251 e. The van der Waals surface area contributed by atoms with Gasteiger partial charge in [-0.15, -0.1) is 0 Å². The summed E-state index contributed by atoms with van der Waals surface area (Å²) in [5.74, 6) is -0.0367. The van der Waals surface area contributed by atoms with E-state index >= 15 is 0 Å². The maximum absolute atomic E-state index is 12.3. The van der Waals surface area contributed by atoms with Gasteiger partial charge in [0.05, 0.1) is 0 Å². The van der Waals surface area contributed by atoms with Crippen LogP contribution in [-0.4, -0.2) is 87.1 Å². The van der Waals surface area contributed by atoms with Crippen molar-refractivity contribution in [3.63, 3.8) is 0 Å². The number of rotatable bonds is 21. The fraction of sp³-hybridized carbons (Fsp3) is 0.562. The van der Waals surface area contributed by atoms with Gasteiger partial charge < -0.3 is 31.1 Å². The lowest BCUT2D eigenvalue weighted by atomic mass is 10.1. The molecule has 2 amide bonds. The number of benzene rings is 2. The Hall–Kier alpha value is -3.10. The van der Waals surface area contributed by atoms with Crippen LogP contribution in [-0.2, 0) is 0 Å². The zero-order valence-corrected chi connectivity index (χ0v) is 25.2. The van der Waals surface area contributed by atoms with Crippen molar-refractivity contribution in [2.24, 2.45) is 0 Å². The Balaban J connectivity index is 1.53. The van der Waals surface area contributed by atoms with E-state index in [0.29, 0.717) is 24.2 Å². The summed E-state index contributed by atoms with van der Waals surface area (Å²) in [4.78, 5) is 29.2. The summed E-state index contributed by atoms with van der Waals surface area (Å²) in [5.41, 5.74) is 3.48. The minimum absolute atomic E-state index is 0.0184. The molecular weight excluding hydrogens is 500 g/mol. The molecule has 8 heteroatoms. The van der Waals surface area contributed by atoms with Crippen LogP contribution in [0.1, 0.15) is 74.1 Å². The standard InChI is InChI=1S/C32H52N6O2/c1-5-37(6-2)25-23-35-31(39)27-13-17-29(18-14-27)33-21-11-9-10-12-22-34-30-19-15-28(16-20-30)32(40)36-24-26-38(7-3)8-4/h13-20,33-34H,5-12,21-26H2,1-4H3,(H,35,39)(H,36,40). The van der Waals surface area contributed by atoms with Crippen LogP contribution in [0.2, 0.25) is 0 Å². The zero-order valence-electron chi connectivity index (χ0n) is 25.2. The maximum atomic E-state index is 12.3. The molecule has 0 aliphatic heterocycles. The number of carbonyl (C=O) groups excluding carboxylic acids is 2. The van der Waals surface area contributed by atoms with Gasteiger partial charge in [0.2, 0.25) is 0 Å². The van der Waals surface area contributed by atoms with E-state index in [4.69, 9.17) is 0 Å². The predicted molar refractivity (Wildman–Crippen MR) is 169 cm³/mol. The fourth-order valence-corrected chi connectivity index (χ4v) is 4.49. The lowest BCUT2D eigenvalue weighted by Gasteiger charge is -2.18. The van der Waals surface area contributed by atoms with Crippen LogP contribution in [0.25, 0.3) is 0 Å². The summed E-state index contributed by atoms with van der Waals surface area (Å²) in [6.45, 7) is 17.4. The molecule has 0 heterocycles. The number of nitrogens with one attached hydrogen (secondary N) is 4. The predicted octanol–water partition coefficient (Wildman–Crippen LogP) is 4.91. The number of likely N-dealkylation sites (N-methyl/N-ethyl adjacent to an activating group) is 2. The molecule has 0 aromatic heterocycles. The van der Waals surface area contributed by atoms with Gasteiger partial charge in [-0.3, -0.25) is 9.59 Å². The Kier molecular flexibility index (Phi) is 16.5. The summed E-state index contributed by atoms with van der Waals surface area (Å²) in [7, 11) is 0. The Bertz CT molecular complexity index is 877. The van der Waals surface area contributed by atoms with Gasteiger partial charge in [-0.2, -0.15) is 0 Å². The summed E-state index contributed by atoms with van der Waals surface area (Å²) in [6.07, 6.45) is 4.53. The van der Waals surface area contributed by atoms with E-state index < -0.39 is 0 Å². The number of unbranched alkanes of at least 4 members (excludes halogenated alkanes) is 3. The van der Waals surface area contributed by atoms with E-state index in [1.807, 2.05) is 48.5 Å². The third-order valence-electron chi connectivity index (χ3n) is 7.27. The van der Waals surface area contributed by atoms with E-state index in [2.05, 4.69) is 58.8 Å². The van der Waals surface area contributed by atoms with Crippen LogP contribution >= 0.6 is 0 Å². The van der Waals surface area contributed by atoms with Gasteiger partial charge in [0.15, 0.2) is 0 Å². The summed E-state index contributed by atoms with van der Waals surface area (Å²) < 4.78 is 0. The first-order valence-corrected chi connectivity index (χ1v) is 15.2. The summed E-state index contributed by atoms with van der Waals surface area (Å²) in [6, 6.07) is 15.4. The third kappa shape index (κ3) is 12.8. The minimum atomic E-state index is -0.0184. The van der Waals surface area contributed by atoms with Gasteiger partial charge in [0.25, 0.3) is 11.8 Å². The molecular formula is C32H52N6O2. The van der Waals surface area contributed by atoms with Crippen molar-refractivity contribution in [3.05, 3.63) is 59.7 Å². The number of nitrogens with zero attached hydrogens (tertiary/aromatic N) is 2. The van der Waals surface area contributed by atoms with Crippen LogP contribution in [0.5, 0.6) is 0 Å². The molecule has 0 fully saturated rings. The molecule has 0 radical (unpaired) electrons. The monoisotopic (exact) mass is 552 g/mol. The van der Waals surface area contributed by atoms with Crippen molar-refractivity contribution in [1.82, 2.24) is 20.4 Å². The molecule has 2 aromatic carbocycles. The molecule has 2 aromatic rings. The van der Waals surface area contributed by atoms with Crippen molar-refractivity contribution in [1.29, 1.82) is 0 Å². The highest BCUT2D eigenvalue weighted by molar-refractivity contribution is 5.95. The number of amides is 2. The molecule has 40 heavy (non-hydrogen) atoms. The largest absolute Gasteiger partial charge is 0.385 e. The molecule has 0 unspecified atom stereocenters. The molecule has 0 saturated heterocycles. The van der Waals surface area contributed by atoms with E-state index in [1.54, 1.807) is 0 Å². The van der Waals surface area contributed by atoms with E-state index in [0.717, 1.165) is 89.4 Å². The molecule has 222 valence electrons. The van der Waals surface area contributed by atoms with E-state index in [1.165, 1.54) is 0 Å². The Morgan fingerprint density at radius 1 is 0.525 bits per heavy atom. The summed E-state index contributed by atoms with van der Waals surface area (Å²) >= 11 is 0. The Morgan fingerprint density at radius 3 is 1.20 bits per heavy atom. The maximum Gasteiger partial charge on any atom is 0.251 e. The molecule has 4 N–H and O–H groups in total. The van der Waals surface area contributed by atoms with Crippen molar-refractivity contribution >= 4 is 23.2 Å². The van der Waals surface area contributed by atoms with Gasteiger partial charge in [-0.05, 0) is 87.6 Å². The quantitative estimate of drug-likeness (QED) is 0.165. The molecule has 0 spiro atoms. The molecule has 0 bridgehead atoms. The summed E-state index contributed by atoms with van der Waals surface area (Å²) in [5, 5.41) is 12.9. The van der Waals surface area contributed by atoms with Crippen molar-refractivity contribution < 1.29 is 9.59 Å². The SMILES string of the molecule is CCN(CC)CCNC(=O)c1ccc(NCCCCCCNc2ccc(C(=O)NCCN(CC)CC)cc2)cc1. The van der Waals surface area contributed by atoms with Gasteiger partial charge in [-0.25, -0.2) is 0 Å². The van der Waals surface area contributed by atoms with Crippen LogP contribution in [0.15, 0.2) is 48.5 Å². The van der Waals surface area contributed by atoms with Crippen LogP contribution in [0.4, 0.5) is 11.4 Å². The first-order chi connectivity index (χ1) is 19.5. The average Bonchev–Trinajstić information content (AvgIpc) is 2.99. The topological polar surface area (TPSA) is 88.7 Å². The van der Waals surface area contributed by atoms with Gasteiger partial charge in [-0.1, -0.05) is 40.5 Å². The van der Waals surface area contributed by atoms with Crippen molar-refractivity contribution in [2.75, 3.05) is 76.1 Å². The first kappa shape index (κ1) is 33.1. The highest BCUT2D eigenvalue weighted by Crippen LogP contribution is 2.12. The molecule has 2 rings (SSSR count). The Labute approximate surface area is 242 Å². The van der Waals surface area contributed by atoms with Crippen LogP contribution in [0, 0.1) is 0 Å². The highest BCUT2D eigenvalue weighted by atomic mass is 16.2. The van der Waals surface area contributed by atoms with Crippen molar-refractivity contribution in [2.45, 2.75) is 53.4 Å². The van der Waals surface area contributed by atoms with Gasteiger partial charge >= 0.3 is 0 Å². The lowest BCUT2D eigenvalue weighted by molar-refractivity contribution is 0.0941. The lowest BCUT2D eigenvalue weighted by Crippen LogP contribution is -2.34. The number of anilines is 2. The molecule has 0 atom stereocenters. The second-order valence-electron chi connectivity index (χ2n) is 9.99. The number of carbonyl (C=O) groups is 2.